The minimum atomic E-state index is -0.234. The van der Waals surface area contributed by atoms with E-state index in [1.807, 2.05) is 45.4 Å². The van der Waals surface area contributed by atoms with Crippen molar-refractivity contribution >= 4 is 16.7 Å². The van der Waals surface area contributed by atoms with Gasteiger partial charge in [0.15, 0.2) is 0 Å². The van der Waals surface area contributed by atoms with E-state index in [2.05, 4.69) is 38.7 Å². The molecule has 21 heavy (non-hydrogen) atoms. The van der Waals surface area contributed by atoms with Gasteiger partial charge in [0, 0.05) is 26.8 Å². The van der Waals surface area contributed by atoms with Crippen LogP contribution in [0.3, 0.4) is 0 Å². The van der Waals surface area contributed by atoms with Crippen LogP contribution in [0, 0.1) is 0 Å². The Labute approximate surface area is 124 Å². The second-order valence-electron chi connectivity index (χ2n) is 5.48. The highest BCUT2D eigenvalue weighted by Gasteiger charge is 2.17. The van der Waals surface area contributed by atoms with Crippen molar-refractivity contribution in [2.45, 2.75) is 6.04 Å². The lowest BCUT2D eigenvalue weighted by atomic mass is 10.1. The van der Waals surface area contributed by atoms with Crippen LogP contribution in [0.4, 0.5) is 5.69 Å². The second kappa shape index (κ2) is 5.22. The molecule has 0 fully saturated rings. The molecule has 0 saturated heterocycles. The molecule has 3 aromatic rings. The predicted octanol–water partition coefficient (Wildman–Crippen LogP) is 2.69. The van der Waals surface area contributed by atoms with Crippen molar-refractivity contribution in [1.82, 2.24) is 9.55 Å². The van der Waals surface area contributed by atoms with E-state index < -0.39 is 0 Å². The Kier molecular flexibility index (Phi) is 3.39. The number of aryl methyl sites for hydroxylation is 1. The van der Waals surface area contributed by atoms with Crippen LogP contribution >= 0.6 is 0 Å². The minimum Gasteiger partial charge on any atom is -0.378 e. The van der Waals surface area contributed by atoms with Crippen molar-refractivity contribution < 1.29 is 0 Å². The summed E-state index contributed by atoms with van der Waals surface area (Å²) in [5, 5.41) is 0. The molecule has 3 rings (SSSR count). The smallest absolute Gasteiger partial charge is 0.131 e. The van der Waals surface area contributed by atoms with Crippen LogP contribution in [-0.4, -0.2) is 23.6 Å². The Morgan fingerprint density at radius 1 is 1.10 bits per heavy atom. The summed E-state index contributed by atoms with van der Waals surface area (Å²) in [7, 11) is 6.07. The van der Waals surface area contributed by atoms with Gasteiger partial charge >= 0.3 is 0 Å². The first-order valence-electron chi connectivity index (χ1n) is 7.02. The number of nitrogens with two attached hydrogens (primary N) is 1. The molecule has 1 aromatic heterocycles. The summed E-state index contributed by atoms with van der Waals surface area (Å²) in [5.74, 6) is 0.882. The van der Waals surface area contributed by atoms with Gasteiger partial charge in [-0.15, -0.1) is 0 Å². The van der Waals surface area contributed by atoms with Crippen LogP contribution in [0.5, 0.6) is 0 Å². The number of benzene rings is 2. The lowest BCUT2D eigenvalue weighted by Gasteiger charge is -2.17. The Bertz CT molecular complexity index is 773. The zero-order valence-electron chi connectivity index (χ0n) is 12.6. The third-order valence-corrected chi connectivity index (χ3v) is 3.85. The van der Waals surface area contributed by atoms with Crippen molar-refractivity contribution in [2.75, 3.05) is 19.0 Å². The maximum absolute atomic E-state index is 6.45. The van der Waals surface area contributed by atoms with E-state index >= 15 is 0 Å². The molecular weight excluding hydrogens is 260 g/mol. The fourth-order valence-electron chi connectivity index (χ4n) is 2.59. The lowest BCUT2D eigenvalue weighted by Crippen LogP contribution is -2.17. The van der Waals surface area contributed by atoms with Crippen molar-refractivity contribution in [3.05, 3.63) is 59.9 Å². The van der Waals surface area contributed by atoms with Crippen LogP contribution in [0.15, 0.2) is 48.5 Å². The molecule has 4 nitrogen and oxygen atoms in total. The average Bonchev–Trinajstić information content (AvgIpc) is 2.84. The number of imidazole rings is 1. The number of rotatable bonds is 3. The molecule has 1 atom stereocenters. The van der Waals surface area contributed by atoms with Gasteiger partial charge in [-0.25, -0.2) is 4.98 Å². The first-order valence-corrected chi connectivity index (χ1v) is 7.02. The summed E-state index contributed by atoms with van der Waals surface area (Å²) in [6, 6.07) is 16.1. The number of para-hydroxylation sites is 2. The quantitative estimate of drug-likeness (QED) is 0.802. The SMILES string of the molecule is CN(C)c1cccc(C(N)c2nc3ccccc3n2C)c1. The number of fused-ring (bicyclic) bond motifs is 1. The number of nitrogens with zero attached hydrogens (tertiary/aromatic N) is 3. The number of aromatic nitrogens is 2. The van der Waals surface area contributed by atoms with Gasteiger partial charge in [0.1, 0.15) is 5.82 Å². The number of anilines is 1. The Morgan fingerprint density at radius 2 is 1.86 bits per heavy atom. The van der Waals surface area contributed by atoms with E-state index in [0.717, 1.165) is 28.1 Å². The van der Waals surface area contributed by atoms with Gasteiger partial charge in [0.2, 0.25) is 0 Å². The summed E-state index contributed by atoms with van der Waals surface area (Å²) < 4.78 is 2.07. The molecule has 0 amide bonds. The topological polar surface area (TPSA) is 47.1 Å². The van der Waals surface area contributed by atoms with Crippen molar-refractivity contribution in [3.8, 4) is 0 Å². The van der Waals surface area contributed by atoms with E-state index in [0.29, 0.717) is 0 Å². The third kappa shape index (κ3) is 2.38. The van der Waals surface area contributed by atoms with E-state index in [1.165, 1.54) is 0 Å². The van der Waals surface area contributed by atoms with E-state index in [1.54, 1.807) is 0 Å². The van der Waals surface area contributed by atoms with Gasteiger partial charge < -0.3 is 15.2 Å². The molecule has 0 aliphatic carbocycles. The monoisotopic (exact) mass is 280 g/mol. The van der Waals surface area contributed by atoms with E-state index in [-0.39, 0.29) is 6.04 Å². The molecule has 0 spiro atoms. The van der Waals surface area contributed by atoms with Crippen LogP contribution in [-0.2, 0) is 7.05 Å². The Balaban J connectivity index is 2.06. The van der Waals surface area contributed by atoms with Crippen molar-refractivity contribution in [3.63, 3.8) is 0 Å². The Morgan fingerprint density at radius 3 is 2.57 bits per heavy atom. The Hall–Kier alpha value is -2.33. The molecule has 0 aliphatic heterocycles. The van der Waals surface area contributed by atoms with E-state index in [4.69, 9.17) is 5.73 Å². The van der Waals surface area contributed by atoms with Gasteiger partial charge in [0.05, 0.1) is 17.1 Å². The fourth-order valence-corrected chi connectivity index (χ4v) is 2.59. The highest BCUT2D eigenvalue weighted by Crippen LogP contribution is 2.25. The summed E-state index contributed by atoms with van der Waals surface area (Å²) in [4.78, 5) is 6.76. The van der Waals surface area contributed by atoms with Crippen LogP contribution in [0.25, 0.3) is 11.0 Å². The molecular formula is C17H20N4. The zero-order chi connectivity index (χ0) is 15.0. The summed E-state index contributed by atoms with van der Waals surface area (Å²) in [6.07, 6.45) is 0. The second-order valence-corrected chi connectivity index (χ2v) is 5.48. The molecule has 0 saturated carbocycles. The highest BCUT2D eigenvalue weighted by atomic mass is 15.1. The first kappa shape index (κ1) is 13.6. The van der Waals surface area contributed by atoms with Gasteiger partial charge in [0.25, 0.3) is 0 Å². The van der Waals surface area contributed by atoms with Crippen LogP contribution in [0.2, 0.25) is 0 Å². The average molecular weight is 280 g/mol. The molecule has 0 bridgehead atoms. The maximum atomic E-state index is 6.45. The van der Waals surface area contributed by atoms with Crippen molar-refractivity contribution in [2.24, 2.45) is 12.8 Å². The maximum Gasteiger partial charge on any atom is 0.131 e. The summed E-state index contributed by atoms with van der Waals surface area (Å²) in [5.41, 5.74) is 10.7. The molecule has 2 aromatic carbocycles. The molecule has 1 unspecified atom stereocenters. The first-order chi connectivity index (χ1) is 10.1. The van der Waals surface area contributed by atoms with Crippen molar-refractivity contribution in [1.29, 1.82) is 0 Å². The largest absolute Gasteiger partial charge is 0.378 e. The third-order valence-electron chi connectivity index (χ3n) is 3.85. The molecule has 2 N–H and O–H groups in total. The molecule has 4 heteroatoms. The molecule has 1 heterocycles. The molecule has 0 radical (unpaired) electrons. The standard InChI is InChI=1S/C17H20N4/c1-20(2)13-8-6-7-12(11-13)16(18)17-19-14-9-4-5-10-15(14)21(17)3/h4-11,16H,18H2,1-3H3. The van der Waals surface area contributed by atoms with Gasteiger partial charge in [-0.3, -0.25) is 0 Å². The van der Waals surface area contributed by atoms with Crippen LogP contribution in [0.1, 0.15) is 17.4 Å². The minimum absolute atomic E-state index is 0.234. The summed E-state index contributed by atoms with van der Waals surface area (Å²) >= 11 is 0. The van der Waals surface area contributed by atoms with E-state index in [9.17, 15) is 0 Å². The van der Waals surface area contributed by atoms with Gasteiger partial charge in [-0.2, -0.15) is 0 Å². The normalized spacial score (nSPS) is 12.6. The fraction of sp³-hybridized carbons (Fsp3) is 0.235. The zero-order valence-corrected chi connectivity index (χ0v) is 12.6. The molecule has 108 valence electrons. The van der Waals surface area contributed by atoms with Crippen LogP contribution < -0.4 is 10.6 Å². The van der Waals surface area contributed by atoms with Gasteiger partial charge in [-0.05, 0) is 29.8 Å². The lowest BCUT2D eigenvalue weighted by molar-refractivity contribution is 0.728. The molecule has 0 aliphatic rings. The van der Waals surface area contributed by atoms with Gasteiger partial charge in [-0.1, -0.05) is 24.3 Å². The summed E-state index contributed by atoms with van der Waals surface area (Å²) in [6.45, 7) is 0. The predicted molar refractivity (Wildman–Crippen MR) is 87.5 cm³/mol. The highest BCUT2D eigenvalue weighted by molar-refractivity contribution is 5.76. The number of hydrogen-bond donors (Lipinski definition) is 1. The number of hydrogen-bond acceptors (Lipinski definition) is 3.